The van der Waals surface area contributed by atoms with E-state index in [-0.39, 0.29) is 5.91 Å². The minimum atomic E-state index is -0.0453. The Morgan fingerprint density at radius 2 is 2.27 bits per heavy atom. The molecule has 0 radical (unpaired) electrons. The predicted molar refractivity (Wildman–Crippen MR) is 90.3 cm³/mol. The maximum atomic E-state index is 12.3. The van der Waals surface area contributed by atoms with Crippen LogP contribution < -0.4 is 5.32 Å². The van der Waals surface area contributed by atoms with Gasteiger partial charge in [0, 0.05) is 17.5 Å². The first-order chi connectivity index (χ1) is 10.7. The molecule has 1 amide bonds. The number of thiophene rings is 2. The number of amides is 1. The van der Waals surface area contributed by atoms with Crippen LogP contribution in [0.3, 0.4) is 0 Å². The molecule has 0 fully saturated rings. The summed E-state index contributed by atoms with van der Waals surface area (Å²) in [4.78, 5) is 16.0. The third kappa shape index (κ3) is 2.93. The lowest BCUT2D eigenvalue weighted by Crippen LogP contribution is -2.39. The Bertz CT molecular complexity index is 713. The van der Waals surface area contributed by atoms with E-state index in [0.29, 0.717) is 23.2 Å². The van der Waals surface area contributed by atoms with E-state index in [9.17, 15) is 4.79 Å². The first kappa shape index (κ1) is 15.2. The van der Waals surface area contributed by atoms with Crippen LogP contribution in [0, 0.1) is 11.3 Å². The van der Waals surface area contributed by atoms with Gasteiger partial charge in [-0.25, -0.2) is 0 Å². The number of nitrogens with one attached hydrogen (secondary N) is 1. The quantitative estimate of drug-likeness (QED) is 0.931. The van der Waals surface area contributed by atoms with E-state index in [1.54, 1.807) is 6.07 Å². The molecule has 0 aliphatic carbocycles. The lowest BCUT2D eigenvalue weighted by atomic mass is 9.98. The first-order valence-corrected chi connectivity index (χ1v) is 9.06. The lowest BCUT2D eigenvalue weighted by molar-refractivity contribution is -0.118. The van der Waals surface area contributed by atoms with Crippen LogP contribution in [0.1, 0.15) is 35.4 Å². The number of carbonyl (C=O) groups is 1. The van der Waals surface area contributed by atoms with Gasteiger partial charge in [0.25, 0.3) is 0 Å². The van der Waals surface area contributed by atoms with Gasteiger partial charge in [-0.15, -0.1) is 22.7 Å². The fourth-order valence-corrected chi connectivity index (χ4v) is 4.64. The average molecular weight is 331 g/mol. The molecule has 6 heteroatoms. The highest BCUT2D eigenvalue weighted by molar-refractivity contribution is 7.14. The topological polar surface area (TPSA) is 56.1 Å². The van der Waals surface area contributed by atoms with Crippen LogP contribution in [0.15, 0.2) is 22.9 Å². The fourth-order valence-electron chi connectivity index (χ4n) is 2.96. The summed E-state index contributed by atoms with van der Waals surface area (Å²) >= 11 is 3.20. The van der Waals surface area contributed by atoms with Gasteiger partial charge in [-0.05, 0) is 41.3 Å². The van der Waals surface area contributed by atoms with Crippen molar-refractivity contribution in [1.82, 2.24) is 4.90 Å². The molecule has 0 bridgehead atoms. The standard InChI is InChI=1S/C16H17N3OS2/c1-2-13-12-5-8-21-14(12)3-6-19(13)10-15(20)18-16-11(9-17)4-7-22-16/h4-5,7-8,13H,2-3,6,10H2,1H3,(H,18,20). The van der Waals surface area contributed by atoms with Crippen LogP contribution >= 0.6 is 22.7 Å². The zero-order valence-corrected chi connectivity index (χ0v) is 14.0. The van der Waals surface area contributed by atoms with Gasteiger partial charge in [0.05, 0.1) is 12.1 Å². The predicted octanol–water partition coefficient (Wildman–Crippen LogP) is 3.63. The maximum Gasteiger partial charge on any atom is 0.239 e. The van der Waals surface area contributed by atoms with Crippen LogP contribution in [0.2, 0.25) is 0 Å². The van der Waals surface area contributed by atoms with Gasteiger partial charge in [0.1, 0.15) is 11.1 Å². The van der Waals surface area contributed by atoms with Crippen molar-refractivity contribution in [3.8, 4) is 6.07 Å². The Morgan fingerprint density at radius 1 is 1.45 bits per heavy atom. The van der Waals surface area contributed by atoms with Crippen molar-refractivity contribution < 1.29 is 4.79 Å². The van der Waals surface area contributed by atoms with E-state index in [1.165, 1.54) is 21.8 Å². The summed E-state index contributed by atoms with van der Waals surface area (Å²) in [6.45, 7) is 3.45. The number of rotatable bonds is 4. The molecule has 1 N–H and O–H groups in total. The molecule has 0 aromatic carbocycles. The second-order valence-corrected chi connectivity index (χ2v) is 7.18. The largest absolute Gasteiger partial charge is 0.315 e. The summed E-state index contributed by atoms with van der Waals surface area (Å²) in [7, 11) is 0. The van der Waals surface area contributed by atoms with Crippen LogP contribution in [0.25, 0.3) is 0 Å². The molecular formula is C16H17N3OS2. The Labute approximate surface area is 138 Å². The Balaban J connectivity index is 1.68. The minimum Gasteiger partial charge on any atom is -0.315 e. The monoisotopic (exact) mass is 331 g/mol. The molecule has 1 unspecified atom stereocenters. The molecule has 2 aromatic heterocycles. The Hall–Kier alpha value is -1.68. The van der Waals surface area contributed by atoms with Gasteiger partial charge >= 0.3 is 0 Å². The third-order valence-electron chi connectivity index (χ3n) is 3.98. The number of hydrogen-bond acceptors (Lipinski definition) is 5. The van der Waals surface area contributed by atoms with Gasteiger partial charge in [-0.2, -0.15) is 5.26 Å². The smallest absolute Gasteiger partial charge is 0.239 e. The van der Waals surface area contributed by atoms with E-state index in [4.69, 9.17) is 5.26 Å². The van der Waals surface area contributed by atoms with Crippen molar-refractivity contribution in [2.45, 2.75) is 25.8 Å². The molecule has 0 saturated carbocycles. The van der Waals surface area contributed by atoms with Crippen molar-refractivity contribution in [3.63, 3.8) is 0 Å². The second-order valence-electron chi connectivity index (χ2n) is 5.27. The van der Waals surface area contributed by atoms with Crippen LogP contribution in [-0.2, 0) is 11.2 Å². The first-order valence-electron chi connectivity index (χ1n) is 7.30. The minimum absolute atomic E-state index is 0.0453. The van der Waals surface area contributed by atoms with Gasteiger partial charge in [-0.1, -0.05) is 6.92 Å². The number of carbonyl (C=O) groups excluding carboxylic acids is 1. The summed E-state index contributed by atoms with van der Waals surface area (Å²) in [6.07, 6.45) is 2.01. The van der Waals surface area contributed by atoms with Gasteiger partial charge < -0.3 is 5.32 Å². The molecule has 2 aromatic rings. The van der Waals surface area contributed by atoms with Crippen molar-refractivity contribution >= 4 is 33.6 Å². The average Bonchev–Trinajstić information content (AvgIpc) is 3.15. The second kappa shape index (κ2) is 6.61. The SMILES string of the molecule is CCC1c2ccsc2CCN1CC(=O)Nc1sccc1C#N. The zero-order chi connectivity index (χ0) is 15.5. The van der Waals surface area contributed by atoms with E-state index in [1.807, 2.05) is 16.7 Å². The van der Waals surface area contributed by atoms with E-state index < -0.39 is 0 Å². The molecule has 3 rings (SSSR count). The molecule has 0 saturated heterocycles. The zero-order valence-electron chi connectivity index (χ0n) is 12.3. The summed E-state index contributed by atoms with van der Waals surface area (Å²) in [5, 5.41) is 16.5. The Kier molecular flexibility index (Phi) is 4.57. The highest BCUT2D eigenvalue weighted by atomic mass is 32.1. The third-order valence-corrected chi connectivity index (χ3v) is 5.80. The molecule has 22 heavy (non-hydrogen) atoms. The summed E-state index contributed by atoms with van der Waals surface area (Å²) in [5.41, 5.74) is 1.91. The van der Waals surface area contributed by atoms with Gasteiger partial charge in [0.2, 0.25) is 5.91 Å². The summed E-state index contributed by atoms with van der Waals surface area (Å²) in [6, 6.07) is 6.33. The summed E-state index contributed by atoms with van der Waals surface area (Å²) in [5.74, 6) is -0.0453. The molecule has 1 aliphatic heterocycles. The highest BCUT2D eigenvalue weighted by Gasteiger charge is 2.28. The van der Waals surface area contributed by atoms with Crippen LogP contribution in [0.4, 0.5) is 5.00 Å². The van der Waals surface area contributed by atoms with E-state index in [0.717, 1.165) is 19.4 Å². The van der Waals surface area contributed by atoms with Crippen molar-refractivity contribution in [1.29, 1.82) is 5.26 Å². The number of nitriles is 1. The maximum absolute atomic E-state index is 12.3. The highest BCUT2D eigenvalue weighted by Crippen LogP contribution is 2.35. The summed E-state index contributed by atoms with van der Waals surface area (Å²) < 4.78 is 0. The van der Waals surface area contributed by atoms with Crippen molar-refractivity contribution in [3.05, 3.63) is 38.9 Å². The van der Waals surface area contributed by atoms with E-state index >= 15 is 0 Å². The number of hydrogen-bond donors (Lipinski definition) is 1. The molecule has 4 nitrogen and oxygen atoms in total. The number of nitrogens with zero attached hydrogens (tertiary/aromatic N) is 2. The molecule has 1 aliphatic rings. The normalized spacial score (nSPS) is 17.7. The number of fused-ring (bicyclic) bond motifs is 1. The van der Waals surface area contributed by atoms with Gasteiger partial charge in [0.15, 0.2) is 0 Å². The van der Waals surface area contributed by atoms with Crippen LogP contribution in [-0.4, -0.2) is 23.9 Å². The van der Waals surface area contributed by atoms with E-state index in [2.05, 4.69) is 34.7 Å². The van der Waals surface area contributed by atoms with Crippen molar-refractivity contribution in [2.24, 2.45) is 0 Å². The fraction of sp³-hybridized carbons (Fsp3) is 0.375. The Morgan fingerprint density at radius 3 is 3.05 bits per heavy atom. The molecule has 1 atom stereocenters. The molecule has 3 heterocycles. The van der Waals surface area contributed by atoms with Gasteiger partial charge in [-0.3, -0.25) is 9.69 Å². The van der Waals surface area contributed by atoms with Crippen molar-refractivity contribution in [2.75, 3.05) is 18.4 Å². The molecule has 114 valence electrons. The molecular weight excluding hydrogens is 314 g/mol. The molecule has 0 spiro atoms. The number of anilines is 1. The lowest BCUT2D eigenvalue weighted by Gasteiger charge is -2.34. The van der Waals surface area contributed by atoms with Crippen LogP contribution in [0.5, 0.6) is 0 Å².